The zero-order valence-electron chi connectivity index (χ0n) is 13.3. The smallest absolute Gasteiger partial charge is 0.311 e. The summed E-state index contributed by atoms with van der Waals surface area (Å²) in [4.78, 5) is 39.6. The number of nitrogens with zero attached hydrogens (tertiary/aromatic N) is 1. The number of thiazole rings is 1. The Labute approximate surface area is 143 Å². The fourth-order valence-electron chi connectivity index (χ4n) is 4.00. The quantitative estimate of drug-likeness (QED) is 0.752. The molecule has 24 heavy (non-hydrogen) atoms. The van der Waals surface area contributed by atoms with E-state index in [0.29, 0.717) is 17.4 Å². The average molecular weight is 351 g/mol. The molecular weight excluding hydrogens is 332 g/mol. The van der Waals surface area contributed by atoms with Crippen LogP contribution in [0.5, 0.6) is 0 Å². The van der Waals surface area contributed by atoms with Crippen molar-refractivity contribution in [1.29, 1.82) is 0 Å². The molecule has 2 aliphatic rings. The van der Waals surface area contributed by atoms with Crippen molar-refractivity contribution in [2.75, 3.05) is 11.9 Å². The van der Waals surface area contributed by atoms with Gasteiger partial charge in [-0.1, -0.05) is 0 Å². The number of nitrogens with one attached hydrogen (secondary N) is 1. The Morgan fingerprint density at radius 2 is 2.04 bits per heavy atom. The molecule has 0 spiro atoms. The van der Waals surface area contributed by atoms with Gasteiger partial charge in [0.05, 0.1) is 18.7 Å². The minimum absolute atomic E-state index is 0.0476. The van der Waals surface area contributed by atoms with Crippen LogP contribution in [0.15, 0.2) is 5.38 Å². The standard InChI is InChI=1S/C16H20N2O5S/c1-2-23-11(19)6-10-7-24-16(17-10)18-14(20)12-8-3-4-9(5-8)13(12)15(21)22/h7-9,12-13H,2-6H2,1H3,(H,21,22)(H,17,18,20)/p-1/t8-,9-,12-,13-/m0/s1. The molecule has 2 fully saturated rings. The number of carboxylic acid groups (broad SMARTS) is 1. The first-order valence-corrected chi connectivity index (χ1v) is 8.99. The van der Waals surface area contributed by atoms with Crippen LogP contribution in [-0.2, 0) is 25.5 Å². The SMILES string of the molecule is CCOC(=O)Cc1csc(NC(=O)[C@H]2[C@H]3CC[C@@H](C3)[C@@H]2C(=O)[O-])n1. The van der Waals surface area contributed by atoms with Crippen LogP contribution in [0.25, 0.3) is 0 Å². The normalized spacial score (nSPS) is 27.9. The number of carboxylic acids is 1. The summed E-state index contributed by atoms with van der Waals surface area (Å²) < 4.78 is 4.86. The van der Waals surface area contributed by atoms with Gasteiger partial charge in [-0.05, 0) is 38.0 Å². The number of aromatic nitrogens is 1. The maximum atomic E-state index is 12.5. The van der Waals surface area contributed by atoms with Crippen molar-refractivity contribution < 1.29 is 24.2 Å². The van der Waals surface area contributed by atoms with Gasteiger partial charge in [-0.2, -0.15) is 0 Å². The van der Waals surface area contributed by atoms with E-state index >= 15 is 0 Å². The highest BCUT2D eigenvalue weighted by atomic mass is 32.1. The summed E-state index contributed by atoms with van der Waals surface area (Å²) in [5.41, 5.74) is 0.526. The minimum Gasteiger partial charge on any atom is -0.550 e. The van der Waals surface area contributed by atoms with Crippen LogP contribution in [0.1, 0.15) is 31.9 Å². The number of amides is 1. The molecular formula is C16H19N2O5S-. The van der Waals surface area contributed by atoms with Gasteiger partial charge in [-0.15, -0.1) is 11.3 Å². The number of carbonyl (C=O) groups is 3. The Hall–Kier alpha value is -1.96. The van der Waals surface area contributed by atoms with Crippen LogP contribution >= 0.6 is 11.3 Å². The zero-order valence-corrected chi connectivity index (χ0v) is 14.1. The number of anilines is 1. The molecule has 8 heteroatoms. The van der Waals surface area contributed by atoms with Gasteiger partial charge in [0.25, 0.3) is 0 Å². The fraction of sp³-hybridized carbons (Fsp3) is 0.625. The van der Waals surface area contributed by atoms with Crippen molar-refractivity contribution in [3.8, 4) is 0 Å². The molecule has 0 unspecified atom stereocenters. The van der Waals surface area contributed by atoms with Gasteiger partial charge < -0.3 is 20.0 Å². The third kappa shape index (κ3) is 3.28. The molecule has 2 saturated carbocycles. The first kappa shape index (κ1) is 16.9. The summed E-state index contributed by atoms with van der Waals surface area (Å²) in [6, 6.07) is 0. The molecule has 0 saturated heterocycles. The van der Waals surface area contributed by atoms with Gasteiger partial charge in [0.15, 0.2) is 5.13 Å². The Kier molecular flexibility index (Phi) is 4.84. The first-order chi connectivity index (χ1) is 11.5. The minimum atomic E-state index is -1.13. The molecule has 1 amide bonds. The second kappa shape index (κ2) is 6.88. The van der Waals surface area contributed by atoms with Crippen molar-refractivity contribution in [3.05, 3.63) is 11.1 Å². The van der Waals surface area contributed by atoms with E-state index in [1.54, 1.807) is 12.3 Å². The molecule has 1 aromatic rings. The highest BCUT2D eigenvalue weighted by molar-refractivity contribution is 7.13. The molecule has 3 rings (SSSR count). The number of fused-ring (bicyclic) bond motifs is 2. The van der Waals surface area contributed by atoms with Crippen LogP contribution in [0.2, 0.25) is 0 Å². The molecule has 130 valence electrons. The largest absolute Gasteiger partial charge is 0.550 e. The lowest BCUT2D eigenvalue weighted by Crippen LogP contribution is -2.43. The molecule has 0 radical (unpaired) electrons. The first-order valence-electron chi connectivity index (χ1n) is 8.11. The Morgan fingerprint density at radius 1 is 1.33 bits per heavy atom. The molecule has 1 aromatic heterocycles. The van der Waals surface area contributed by atoms with Crippen LogP contribution < -0.4 is 10.4 Å². The van der Waals surface area contributed by atoms with Crippen molar-refractivity contribution >= 4 is 34.3 Å². The van der Waals surface area contributed by atoms with Crippen molar-refractivity contribution in [2.45, 2.75) is 32.6 Å². The summed E-state index contributed by atoms with van der Waals surface area (Å²) in [7, 11) is 0. The summed E-state index contributed by atoms with van der Waals surface area (Å²) in [5, 5.41) is 16.2. The number of carbonyl (C=O) groups excluding carboxylic acids is 3. The van der Waals surface area contributed by atoms with Gasteiger partial charge in [0.1, 0.15) is 0 Å². The number of hydrogen-bond acceptors (Lipinski definition) is 7. The molecule has 1 N–H and O–H groups in total. The van der Waals surface area contributed by atoms with Crippen LogP contribution in [0, 0.1) is 23.7 Å². The number of esters is 1. The van der Waals surface area contributed by atoms with Crippen molar-refractivity contribution in [3.63, 3.8) is 0 Å². The van der Waals surface area contributed by atoms with E-state index in [9.17, 15) is 19.5 Å². The summed E-state index contributed by atoms with van der Waals surface area (Å²) in [6.45, 7) is 2.04. The molecule has 0 aromatic carbocycles. The van der Waals surface area contributed by atoms with Crippen LogP contribution in [0.3, 0.4) is 0 Å². The second-order valence-electron chi connectivity index (χ2n) is 6.32. The third-order valence-corrected chi connectivity index (χ3v) is 5.71. The summed E-state index contributed by atoms with van der Waals surface area (Å²) in [6.07, 6.45) is 2.57. The van der Waals surface area contributed by atoms with Gasteiger partial charge in [-0.25, -0.2) is 4.98 Å². The zero-order chi connectivity index (χ0) is 17.3. The lowest BCUT2D eigenvalue weighted by Gasteiger charge is -2.30. The van der Waals surface area contributed by atoms with E-state index in [2.05, 4.69) is 10.3 Å². The Morgan fingerprint density at radius 3 is 2.71 bits per heavy atom. The van der Waals surface area contributed by atoms with E-state index in [0.717, 1.165) is 19.3 Å². The highest BCUT2D eigenvalue weighted by Gasteiger charge is 2.51. The van der Waals surface area contributed by atoms with E-state index in [1.807, 2.05) is 0 Å². The molecule has 4 atom stereocenters. The predicted octanol–water partition coefficient (Wildman–Crippen LogP) is 0.599. The van der Waals surface area contributed by atoms with Gasteiger partial charge >= 0.3 is 5.97 Å². The summed E-state index contributed by atoms with van der Waals surface area (Å²) in [5.74, 6) is -2.92. The monoisotopic (exact) mass is 351 g/mol. The maximum Gasteiger partial charge on any atom is 0.311 e. The van der Waals surface area contributed by atoms with Crippen molar-refractivity contribution in [2.24, 2.45) is 23.7 Å². The molecule has 2 aliphatic carbocycles. The van der Waals surface area contributed by atoms with E-state index in [4.69, 9.17) is 4.74 Å². The maximum absolute atomic E-state index is 12.5. The van der Waals surface area contributed by atoms with Gasteiger partial charge in [0, 0.05) is 23.2 Å². The van der Waals surface area contributed by atoms with Crippen LogP contribution in [-0.4, -0.2) is 29.4 Å². The van der Waals surface area contributed by atoms with Crippen LogP contribution in [0.4, 0.5) is 5.13 Å². The van der Waals surface area contributed by atoms with E-state index in [1.165, 1.54) is 11.3 Å². The molecule has 2 bridgehead atoms. The van der Waals surface area contributed by atoms with Crippen molar-refractivity contribution in [1.82, 2.24) is 4.98 Å². The number of hydrogen-bond donors (Lipinski definition) is 1. The lowest BCUT2D eigenvalue weighted by molar-refractivity contribution is -0.314. The average Bonchev–Trinajstić information content (AvgIpc) is 3.22. The lowest BCUT2D eigenvalue weighted by atomic mass is 9.79. The number of ether oxygens (including phenoxy) is 1. The highest BCUT2D eigenvalue weighted by Crippen LogP contribution is 2.52. The molecule has 7 nitrogen and oxygen atoms in total. The Bertz CT molecular complexity index is 659. The Balaban J connectivity index is 1.64. The van der Waals surface area contributed by atoms with Gasteiger partial charge in [0.2, 0.25) is 5.91 Å². The predicted molar refractivity (Wildman–Crippen MR) is 83.9 cm³/mol. The van der Waals surface area contributed by atoms with E-state index < -0.39 is 17.8 Å². The topological polar surface area (TPSA) is 108 Å². The number of aliphatic carboxylic acids is 1. The third-order valence-electron chi connectivity index (χ3n) is 4.90. The second-order valence-corrected chi connectivity index (χ2v) is 7.18. The fourth-order valence-corrected chi connectivity index (χ4v) is 4.72. The number of rotatable bonds is 6. The summed E-state index contributed by atoms with van der Waals surface area (Å²) >= 11 is 1.21. The van der Waals surface area contributed by atoms with E-state index in [-0.39, 0.29) is 30.1 Å². The molecule has 0 aliphatic heterocycles. The van der Waals surface area contributed by atoms with Gasteiger partial charge in [-0.3, -0.25) is 9.59 Å². The molecule has 1 heterocycles.